The lowest BCUT2D eigenvalue weighted by molar-refractivity contribution is 0.199. The number of hydrogen-bond donors (Lipinski definition) is 1. The average Bonchev–Trinajstić information content (AvgIpc) is 2.44. The van der Waals surface area contributed by atoms with Crippen LogP contribution in [0.15, 0.2) is 18.2 Å². The Labute approximate surface area is 123 Å². The normalized spacial score (nSPS) is 19.4. The van der Waals surface area contributed by atoms with Crippen LogP contribution in [0.25, 0.3) is 0 Å². The molecule has 1 aromatic carbocycles. The minimum atomic E-state index is 0.767. The highest BCUT2D eigenvalue weighted by Gasteiger charge is 2.17. The zero-order valence-electron chi connectivity index (χ0n) is 13.1. The highest BCUT2D eigenvalue weighted by atomic mass is 16.5. The van der Waals surface area contributed by atoms with Gasteiger partial charge in [-0.05, 0) is 42.9 Å². The molecule has 0 aromatic heterocycles. The van der Waals surface area contributed by atoms with Gasteiger partial charge in [-0.3, -0.25) is 0 Å². The van der Waals surface area contributed by atoms with Crippen LogP contribution in [0.3, 0.4) is 0 Å². The zero-order valence-corrected chi connectivity index (χ0v) is 13.1. The Hall–Kier alpha value is -1.06. The number of anilines is 1. The number of benzene rings is 1. The predicted octanol–water partition coefficient (Wildman–Crippen LogP) is 2.97. The third-order valence-electron chi connectivity index (χ3n) is 4.07. The van der Waals surface area contributed by atoms with Crippen molar-refractivity contribution in [3.63, 3.8) is 0 Å². The van der Waals surface area contributed by atoms with Gasteiger partial charge in [0.05, 0.1) is 6.61 Å². The predicted molar refractivity (Wildman–Crippen MR) is 85.4 cm³/mol. The molecule has 3 heteroatoms. The third-order valence-corrected chi connectivity index (χ3v) is 4.07. The van der Waals surface area contributed by atoms with E-state index in [1.165, 1.54) is 42.7 Å². The summed E-state index contributed by atoms with van der Waals surface area (Å²) < 4.78 is 5.04. The van der Waals surface area contributed by atoms with Crippen molar-refractivity contribution in [1.29, 1.82) is 0 Å². The first-order chi connectivity index (χ1) is 9.70. The fourth-order valence-electron chi connectivity index (χ4n) is 3.00. The fraction of sp³-hybridized carbons (Fsp3) is 0.647. The maximum Gasteiger partial charge on any atom is 0.0587 e. The van der Waals surface area contributed by atoms with Gasteiger partial charge in [-0.2, -0.15) is 0 Å². The molecule has 0 amide bonds. The van der Waals surface area contributed by atoms with E-state index in [9.17, 15) is 0 Å². The monoisotopic (exact) mass is 276 g/mol. The first-order valence-electron chi connectivity index (χ1n) is 7.75. The average molecular weight is 276 g/mol. The third kappa shape index (κ3) is 4.22. The van der Waals surface area contributed by atoms with Crippen molar-refractivity contribution in [2.75, 3.05) is 38.3 Å². The second kappa shape index (κ2) is 7.65. The molecule has 112 valence electrons. The van der Waals surface area contributed by atoms with Crippen molar-refractivity contribution in [2.45, 2.75) is 33.2 Å². The van der Waals surface area contributed by atoms with E-state index in [0.29, 0.717) is 0 Å². The van der Waals surface area contributed by atoms with E-state index in [2.05, 4.69) is 42.3 Å². The molecule has 1 aliphatic heterocycles. The smallest absolute Gasteiger partial charge is 0.0587 e. The van der Waals surface area contributed by atoms with Crippen molar-refractivity contribution < 1.29 is 4.74 Å². The molecule has 1 unspecified atom stereocenters. The Morgan fingerprint density at radius 3 is 2.95 bits per heavy atom. The first kappa shape index (κ1) is 15.3. The van der Waals surface area contributed by atoms with Gasteiger partial charge in [0.2, 0.25) is 0 Å². The van der Waals surface area contributed by atoms with E-state index in [4.69, 9.17) is 4.74 Å². The van der Waals surface area contributed by atoms with Crippen LogP contribution in [-0.2, 0) is 11.3 Å². The molecular formula is C17H28N2O. The molecule has 1 aliphatic rings. The van der Waals surface area contributed by atoms with Gasteiger partial charge in [0.1, 0.15) is 0 Å². The molecular weight excluding hydrogens is 248 g/mol. The number of hydrogen-bond acceptors (Lipinski definition) is 3. The minimum absolute atomic E-state index is 0.767. The molecule has 0 saturated carbocycles. The summed E-state index contributed by atoms with van der Waals surface area (Å²) in [5.41, 5.74) is 4.16. The minimum Gasteiger partial charge on any atom is -0.383 e. The number of aryl methyl sites for hydroxylation is 1. The van der Waals surface area contributed by atoms with Gasteiger partial charge in [0, 0.05) is 39.0 Å². The summed E-state index contributed by atoms with van der Waals surface area (Å²) in [6.07, 6.45) is 2.69. The molecule has 1 atom stereocenters. The largest absolute Gasteiger partial charge is 0.383 e. The van der Waals surface area contributed by atoms with E-state index >= 15 is 0 Å². The van der Waals surface area contributed by atoms with Gasteiger partial charge in [0.15, 0.2) is 0 Å². The molecule has 0 aliphatic carbocycles. The number of nitrogens with zero attached hydrogens (tertiary/aromatic N) is 1. The molecule has 0 bridgehead atoms. The highest BCUT2D eigenvalue weighted by molar-refractivity contribution is 5.54. The fourth-order valence-corrected chi connectivity index (χ4v) is 3.00. The summed E-state index contributed by atoms with van der Waals surface area (Å²) in [6.45, 7) is 9.58. The van der Waals surface area contributed by atoms with Gasteiger partial charge < -0.3 is 15.0 Å². The van der Waals surface area contributed by atoms with Crippen LogP contribution in [0.2, 0.25) is 0 Å². The van der Waals surface area contributed by atoms with Crippen LogP contribution < -0.4 is 10.2 Å². The van der Waals surface area contributed by atoms with Crippen molar-refractivity contribution in [2.24, 2.45) is 5.92 Å². The van der Waals surface area contributed by atoms with Crippen molar-refractivity contribution in [3.05, 3.63) is 29.3 Å². The first-order valence-corrected chi connectivity index (χ1v) is 7.75. The van der Waals surface area contributed by atoms with E-state index in [0.717, 1.165) is 25.6 Å². The van der Waals surface area contributed by atoms with E-state index < -0.39 is 0 Å². The number of methoxy groups -OCH3 is 1. The van der Waals surface area contributed by atoms with Gasteiger partial charge >= 0.3 is 0 Å². The van der Waals surface area contributed by atoms with Crippen LogP contribution in [0.1, 0.15) is 30.9 Å². The second-order valence-corrected chi connectivity index (χ2v) is 5.98. The van der Waals surface area contributed by atoms with Crippen LogP contribution in [0.5, 0.6) is 0 Å². The summed E-state index contributed by atoms with van der Waals surface area (Å²) in [5.74, 6) is 0.818. The standard InChI is InChI=1S/C17H28N2O/c1-14-5-4-9-19(13-14)17-7-6-16(11-15(17)2)12-18-8-10-20-3/h6-7,11,14,18H,4-5,8-10,12-13H2,1-3H3. The molecule has 1 N–H and O–H groups in total. The number of piperidine rings is 1. The SMILES string of the molecule is COCCNCc1ccc(N2CCCC(C)C2)c(C)c1. The van der Waals surface area contributed by atoms with Gasteiger partial charge in [-0.1, -0.05) is 19.1 Å². The molecule has 3 nitrogen and oxygen atoms in total. The Morgan fingerprint density at radius 2 is 2.25 bits per heavy atom. The Balaban J connectivity index is 1.95. The summed E-state index contributed by atoms with van der Waals surface area (Å²) in [5, 5.41) is 3.40. The Kier molecular flexibility index (Phi) is 5.86. The van der Waals surface area contributed by atoms with Crippen molar-refractivity contribution in [1.82, 2.24) is 5.32 Å². The molecule has 2 rings (SSSR count). The van der Waals surface area contributed by atoms with Crippen LogP contribution in [0.4, 0.5) is 5.69 Å². The van der Waals surface area contributed by atoms with Crippen LogP contribution in [-0.4, -0.2) is 33.4 Å². The molecule has 0 spiro atoms. The second-order valence-electron chi connectivity index (χ2n) is 5.98. The molecule has 0 radical (unpaired) electrons. The summed E-state index contributed by atoms with van der Waals surface area (Å²) in [4.78, 5) is 2.55. The molecule has 1 heterocycles. The number of ether oxygens (including phenoxy) is 1. The van der Waals surface area contributed by atoms with E-state index in [-0.39, 0.29) is 0 Å². The van der Waals surface area contributed by atoms with E-state index in [1.54, 1.807) is 7.11 Å². The molecule has 1 aromatic rings. The maximum atomic E-state index is 5.04. The van der Waals surface area contributed by atoms with Crippen molar-refractivity contribution >= 4 is 5.69 Å². The highest BCUT2D eigenvalue weighted by Crippen LogP contribution is 2.26. The van der Waals surface area contributed by atoms with Gasteiger partial charge in [-0.15, -0.1) is 0 Å². The number of nitrogens with one attached hydrogen (secondary N) is 1. The topological polar surface area (TPSA) is 24.5 Å². The molecule has 1 fully saturated rings. The summed E-state index contributed by atoms with van der Waals surface area (Å²) >= 11 is 0. The molecule has 20 heavy (non-hydrogen) atoms. The summed E-state index contributed by atoms with van der Waals surface area (Å²) in [7, 11) is 1.74. The number of rotatable bonds is 6. The lowest BCUT2D eigenvalue weighted by Gasteiger charge is -2.34. The Morgan fingerprint density at radius 1 is 1.40 bits per heavy atom. The van der Waals surface area contributed by atoms with Crippen LogP contribution >= 0.6 is 0 Å². The van der Waals surface area contributed by atoms with Crippen LogP contribution in [0, 0.1) is 12.8 Å². The van der Waals surface area contributed by atoms with Gasteiger partial charge in [0.25, 0.3) is 0 Å². The Bertz CT molecular complexity index is 419. The molecule has 1 saturated heterocycles. The van der Waals surface area contributed by atoms with E-state index in [1.807, 2.05) is 0 Å². The summed E-state index contributed by atoms with van der Waals surface area (Å²) in [6, 6.07) is 6.86. The zero-order chi connectivity index (χ0) is 14.4. The maximum absolute atomic E-state index is 5.04. The lowest BCUT2D eigenvalue weighted by atomic mass is 9.98. The lowest BCUT2D eigenvalue weighted by Crippen LogP contribution is -2.34. The van der Waals surface area contributed by atoms with Crippen molar-refractivity contribution in [3.8, 4) is 0 Å². The van der Waals surface area contributed by atoms with Gasteiger partial charge in [-0.25, -0.2) is 0 Å². The quantitative estimate of drug-likeness (QED) is 0.809.